The van der Waals surface area contributed by atoms with Gasteiger partial charge in [-0.1, -0.05) is 0 Å². The van der Waals surface area contributed by atoms with Crippen LogP contribution in [0.25, 0.3) is 11.3 Å². The van der Waals surface area contributed by atoms with Gasteiger partial charge in [0, 0.05) is 23.0 Å². The molecule has 0 amide bonds. The average Bonchev–Trinajstić information content (AvgIpc) is 3.03. The smallest absolute Gasteiger partial charge is 0.231 e. The summed E-state index contributed by atoms with van der Waals surface area (Å²) in [6.45, 7) is 7.55. The molecular weight excluding hydrogens is 272 g/mol. The number of nitrogens with zero attached hydrogens (tertiary/aromatic N) is 1. The zero-order valence-corrected chi connectivity index (χ0v) is 12.7. The molecule has 0 radical (unpaired) electrons. The van der Waals surface area contributed by atoms with Crippen LogP contribution in [0.15, 0.2) is 23.6 Å². The number of fused-ring (bicyclic) bond motifs is 1. The van der Waals surface area contributed by atoms with Gasteiger partial charge in [-0.3, -0.25) is 0 Å². The topological polar surface area (TPSA) is 43.4 Å². The molecular formula is C15H18N2O2S. The summed E-state index contributed by atoms with van der Waals surface area (Å²) < 4.78 is 10.7. The van der Waals surface area contributed by atoms with Crippen LogP contribution in [0.3, 0.4) is 0 Å². The number of ether oxygens (including phenoxy) is 2. The molecule has 1 aliphatic heterocycles. The predicted molar refractivity (Wildman–Crippen MR) is 80.3 cm³/mol. The maximum Gasteiger partial charge on any atom is 0.231 e. The first-order valence-corrected chi connectivity index (χ1v) is 7.49. The summed E-state index contributed by atoms with van der Waals surface area (Å²) in [7, 11) is 0. The van der Waals surface area contributed by atoms with Gasteiger partial charge >= 0.3 is 0 Å². The number of hydrogen-bond acceptors (Lipinski definition) is 5. The van der Waals surface area contributed by atoms with E-state index in [1.807, 2.05) is 18.2 Å². The van der Waals surface area contributed by atoms with E-state index < -0.39 is 0 Å². The third-order valence-electron chi connectivity index (χ3n) is 2.99. The van der Waals surface area contributed by atoms with Gasteiger partial charge < -0.3 is 14.8 Å². The third-order valence-corrected chi connectivity index (χ3v) is 3.84. The third kappa shape index (κ3) is 2.94. The van der Waals surface area contributed by atoms with Crippen LogP contribution in [0.5, 0.6) is 11.5 Å². The standard InChI is InChI=1S/C15H18N2O2S/c1-15(2,3)16-7-14-17-11(8-20-14)10-4-5-12-13(6-10)19-9-18-12/h4-6,8,16H,7,9H2,1-3H3. The van der Waals surface area contributed by atoms with Crippen LogP contribution < -0.4 is 14.8 Å². The van der Waals surface area contributed by atoms with Gasteiger partial charge in [-0.25, -0.2) is 4.98 Å². The van der Waals surface area contributed by atoms with Gasteiger partial charge in [-0.05, 0) is 39.0 Å². The molecule has 1 aromatic heterocycles. The van der Waals surface area contributed by atoms with Gasteiger partial charge in [-0.2, -0.15) is 0 Å². The lowest BCUT2D eigenvalue weighted by Gasteiger charge is -2.19. The second-order valence-electron chi connectivity index (χ2n) is 5.80. The summed E-state index contributed by atoms with van der Waals surface area (Å²) in [6, 6.07) is 5.94. The zero-order chi connectivity index (χ0) is 14.2. The molecule has 2 heterocycles. The van der Waals surface area contributed by atoms with E-state index >= 15 is 0 Å². The van der Waals surface area contributed by atoms with Crippen LogP contribution in [0.2, 0.25) is 0 Å². The molecule has 106 valence electrons. The van der Waals surface area contributed by atoms with Gasteiger partial charge in [-0.15, -0.1) is 11.3 Å². The van der Waals surface area contributed by atoms with Crippen molar-refractivity contribution in [2.45, 2.75) is 32.9 Å². The summed E-state index contributed by atoms with van der Waals surface area (Å²) in [6.07, 6.45) is 0. The lowest BCUT2D eigenvalue weighted by Crippen LogP contribution is -2.34. The van der Waals surface area contributed by atoms with Gasteiger partial charge in [0.1, 0.15) is 5.01 Å². The highest BCUT2D eigenvalue weighted by Gasteiger charge is 2.15. The number of hydrogen-bond donors (Lipinski definition) is 1. The minimum Gasteiger partial charge on any atom is -0.454 e. The fraction of sp³-hybridized carbons (Fsp3) is 0.400. The Labute approximate surface area is 122 Å². The number of benzene rings is 1. The van der Waals surface area contributed by atoms with Crippen LogP contribution in [0.4, 0.5) is 0 Å². The Morgan fingerprint density at radius 1 is 1.25 bits per heavy atom. The first-order chi connectivity index (χ1) is 9.51. The number of rotatable bonds is 3. The summed E-state index contributed by atoms with van der Waals surface area (Å²) >= 11 is 1.67. The van der Waals surface area contributed by atoms with E-state index in [9.17, 15) is 0 Å². The van der Waals surface area contributed by atoms with Gasteiger partial charge in [0.05, 0.1) is 5.69 Å². The number of aromatic nitrogens is 1. The molecule has 0 spiro atoms. The van der Waals surface area contributed by atoms with E-state index in [4.69, 9.17) is 9.47 Å². The molecule has 1 aliphatic rings. The molecule has 0 fully saturated rings. The number of thiazole rings is 1. The van der Waals surface area contributed by atoms with E-state index in [1.54, 1.807) is 11.3 Å². The molecule has 0 unspecified atom stereocenters. The van der Waals surface area contributed by atoms with Gasteiger partial charge in [0.25, 0.3) is 0 Å². The Morgan fingerprint density at radius 3 is 2.85 bits per heavy atom. The normalized spacial score (nSPS) is 13.8. The fourth-order valence-corrected chi connectivity index (χ4v) is 2.66. The van der Waals surface area contributed by atoms with Crippen LogP contribution in [-0.2, 0) is 6.54 Å². The molecule has 0 saturated heterocycles. The fourth-order valence-electron chi connectivity index (χ4n) is 1.92. The lowest BCUT2D eigenvalue weighted by atomic mass is 10.1. The van der Waals surface area contributed by atoms with Crippen LogP contribution in [-0.4, -0.2) is 17.3 Å². The van der Waals surface area contributed by atoms with Crippen LogP contribution >= 0.6 is 11.3 Å². The van der Waals surface area contributed by atoms with Crippen LogP contribution in [0.1, 0.15) is 25.8 Å². The number of nitrogens with one attached hydrogen (secondary N) is 1. The summed E-state index contributed by atoms with van der Waals surface area (Å²) in [5, 5.41) is 6.62. The molecule has 20 heavy (non-hydrogen) atoms. The second-order valence-corrected chi connectivity index (χ2v) is 6.74. The summed E-state index contributed by atoms with van der Waals surface area (Å²) in [5.41, 5.74) is 2.15. The van der Waals surface area contributed by atoms with E-state index in [2.05, 4.69) is 36.5 Å². The van der Waals surface area contributed by atoms with E-state index in [0.717, 1.165) is 34.3 Å². The van der Waals surface area contributed by atoms with Crippen molar-refractivity contribution in [1.29, 1.82) is 0 Å². The Kier molecular flexibility index (Phi) is 3.40. The summed E-state index contributed by atoms with van der Waals surface area (Å²) in [4.78, 5) is 4.67. The molecule has 0 bridgehead atoms. The zero-order valence-electron chi connectivity index (χ0n) is 11.9. The highest BCUT2D eigenvalue weighted by molar-refractivity contribution is 7.09. The van der Waals surface area contributed by atoms with Gasteiger partial charge in [0.2, 0.25) is 6.79 Å². The Hall–Kier alpha value is -1.59. The van der Waals surface area contributed by atoms with Gasteiger partial charge in [0.15, 0.2) is 11.5 Å². The van der Waals surface area contributed by atoms with Crippen molar-refractivity contribution in [2.24, 2.45) is 0 Å². The Morgan fingerprint density at radius 2 is 2.05 bits per heavy atom. The Balaban J connectivity index is 1.76. The Bertz CT molecular complexity index is 617. The molecule has 5 heteroatoms. The molecule has 2 aromatic rings. The minimum absolute atomic E-state index is 0.102. The SMILES string of the molecule is CC(C)(C)NCc1nc(-c2ccc3c(c2)OCO3)cs1. The predicted octanol–water partition coefficient (Wildman–Crippen LogP) is 3.43. The monoisotopic (exact) mass is 290 g/mol. The van der Waals surface area contributed by atoms with Crippen molar-refractivity contribution in [1.82, 2.24) is 10.3 Å². The quantitative estimate of drug-likeness (QED) is 0.940. The highest BCUT2D eigenvalue weighted by atomic mass is 32.1. The summed E-state index contributed by atoms with van der Waals surface area (Å²) in [5.74, 6) is 1.60. The second kappa shape index (κ2) is 5.07. The maximum absolute atomic E-state index is 5.40. The first-order valence-electron chi connectivity index (χ1n) is 6.61. The molecule has 3 rings (SSSR count). The molecule has 4 nitrogen and oxygen atoms in total. The highest BCUT2D eigenvalue weighted by Crippen LogP contribution is 2.36. The van der Waals surface area contributed by atoms with Crippen molar-refractivity contribution >= 4 is 11.3 Å². The van der Waals surface area contributed by atoms with E-state index in [0.29, 0.717) is 6.79 Å². The molecule has 1 N–H and O–H groups in total. The van der Waals surface area contributed by atoms with Crippen molar-refractivity contribution in [2.75, 3.05) is 6.79 Å². The molecule has 1 aromatic carbocycles. The van der Waals surface area contributed by atoms with E-state index in [-0.39, 0.29) is 5.54 Å². The van der Waals surface area contributed by atoms with Crippen molar-refractivity contribution < 1.29 is 9.47 Å². The largest absolute Gasteiger partial charge is 0.454 e. The van der Waals surface area contributed by atoms with Crippen molar-refractivity contribution in [3.63, 3.8) is 0 Å². The molecule has 0 saturated carbocycles. The molecule has 0 atom stereocenters. The van der Waals surface area contributed by atoms with E-state index in [1.165, 1.54) is 0 Å². The molecule has 0 aliphatic carbocycles. The van der Waals surface area contributed by atoms with Crippen molar-refractivity contribution in [3.05, 3.63) is 28.6 Å². The minimum atomic E-state index is 0.102. The van der Waals surface area contributed by atoms with Crippen molar-refractivity contribution in [3.8, 4) is 22.8 Å². The maximum atomic E-state index is 5.40. The van der Waals surface area contributed by atoms with Crippen LogP contribution in [0, 0.1) is 0 Å². The lowest BCUT2D eigenvalue weighted by molar-refractivity contribution is 0.174. The average molecular weight is 290 g/mol. The first kappa shape index (κ1) is 13.4.